The monoisotopic (exact) mass is 234 g/mol. The van der Waals surface area contributed by atoms with E-state index in [-0.39, 0.29) is 12.1 Å². The van der Waals surface area contributed by atoms with Crippen LogP contribution >= 0.6 is 0 Å². The zero-order valence-electron chi connectivity index (χ0n) is 10.2. The largest absolute Gasteiger partial charge is 0.381 e. The van der Waals surface area contributed by atoms with Crippen molar-refractivity contribution in [2.75, 3.05) is 10.6 Å². The standard InChI is InChI=1S/C12H18N4O/c1-8(2)14-12(17)16-11-6-5-10(7-13-11)15-9-3-4-9/h5-9,15H,3-4H2,1-2H3,(H2,13,14,16,17). The van der Waals surface area contributed by atoms with Crippen molar-refractivity contribution in [1.82, 2.24) is 10.3 Å². The minimum atomic E-state index is -0.226. The second-order valence-electron chi connectivity index (χ2n) is 4.60. The summed E-state index contributed by atoms with van der Waals surface area (Å²) in [6.07, 6.45) is 4.21. The molecule has 0 bridgehead atoms. The van der Waals surface area contributed by atoms with Gasteiger partial charge in [-0.2, -0.15) is 0 Å². The van der Waals surface area contributed by atoms with Crippen LogP contribution in [-0.2, 0) is 0 Å². The van der Waals surface area contributed by atoms with E-state index >= 15 is 0 Å². The van der Waals surface area contributed by atoms with Gasteiger partial charge in [0.1, 0.15) is 5.82 Å². The van der Waals surface area contributed by atoms with Gasteiger partial charge in [0.25, 0.3) is 0 Å². The minimum Gasteiger partial charge on any atom is -0.381 e. The van der Waals surface area contributed by atoms with Crippen LogP contribution in [0.1, 0.15) is 26.7 Å². The Balaban J connectivity index is 1.86. The van der Waals surface area contributed by atoms with Crippen LogP contribution in [0.3, 0.4) is 0 Å². The molecule has 1 heterocycles. The van der Waals surface area contributed by atoms with Gasteiger partial charge in [0.05, 0.1) is 11.9 Å². The maximum absolute atomic E-state index is 11.4. The van der Waals surface area contributed by atoms with Crippen LogP contribution in [0.15, 0.2) is 18.3 Å². The van der Waals surface area contributed by atoms with Gasteiger partial charge in [-0.05, 0) is 38.8 Å². The Morgan fingerprint density at radius 1 is 1.41 bits per heavy atom. The number of aromatic nitrogens is 1. The van der Waals surface area contributed by atoms with E-state index in [0.717, 1.165) is 5.69 Å². The molecule has 0 radical (unpaired) electrons. The third-order valence-electron chi connectivity index (χ3n) is 2.37. The quantitative estimate of drug-likeness (QED) is 0.748. The van der Waals surface area contributed by atoms with Crippen molar-refractivity contribution in [3.8, 4) is 0 Å². The van der Waals surface area contributed by atoms with Crippen LogP contribution in [0.4, 0.5) is 16.3 Å². The molecule has 1 saturated carbocycles. The van der Waals surface area contributed by atoms with Crippen molar-refractivity contribution in [3.05, 3.63) is 18.3 Å². The maximum Gasteiger partial charge on any atom is 0.320 e. The molecule has 2 amide bonds. The second-order valence-corrected chi connectivity index (χ2v) is 4.60. The highest BCUT2D eigenvalue weighted by atomic mass is 16.2. The van der Waals surface area contributed by atoms with Gasteiger partial charge in [0, 0.05) is 12.1 Å². The Morgan fingerprint density at radius 3 is 2.71 bits per heavy atom. The number of amides is 2. The lowest BCUT2D eigenvalue weighted by atomic mass is 10.4. The number of pyridine rings is 1. The van der Waals surface area contributed by atoms with Crippen molar-refractivity contribution in [3.63, 3.8) is 0 Å². The summed E-state index contributed by atoms with van der Waals surface area (Å²) in [7, 11) is 0. The zero-order chi connectivity index (χ0) is 12.3. The number of carbonyl (C=O) groups is 1. The molecule has 1 aromatic heterocycles. The van der Waals surface area contributed by atoms with Crippen molar-refractivity contribution in [2.24, 2.45) is 0 Å². The molecule has 0 saturated heterocycles. The number of nitrogens with zero attached hydrogens (tertiary/aromatic N) is 1. The normalized spacial score (nSPS) is 14.5. The lowest BCUT2D eigenvalue weighted by molar-refractivity contribution is 0.250. The van der Waals surface area contributed by atoms with Crippen LogP contribution in [0.25, 0.3) is 0 Å². The van der Waals surface area contributed by atoms with E-state index < -0.39 is 0 Å². The molecule has 5 nitrogen and oxygen atoms in total. The summed E-state index contributed by atoms with van der Waals surface area (Å²) in [5, 5.41) is 8.76. The van der Waals surface area contributed by atoms with Gasteiger partial charge < -0.3 is 10.6 Å². The fraction of sp³-hybridized carbons (Fsp3) is 0.500. The summed E-state index contributed by atoms with van der Waals surface area (Å²) in [6.45, 7) is 3.82. The lowest BCUT2D eigenvalue weighted by Gasteiger charge is -2.10. The second kappa shape index (κ2) is 5.03. The van der Waals surface area contributed by atoms with Crippen LogP contribution in [-0.4, -0.2) is 23.1 Å². The Morgan fingerprint density at radius 2 is 2.18 bits per heavy atom. The highest BCUT2D eigenvalue weighted by Gasteiger charge is 2.20. The zero-order valence-corrected chi connectivity index (χ0v) is 10.2. The number of hydrogen-bond acceptors (Lipinski definition) is 3. The summed E-state index contributed by atoms with van der Waals surface area (Å²) in [5.41, 5.74) is 1.00. The molecule has 0 unspecified atom stereocenters. The van der Waals surface area contributed by atoms with E-state index in [4.69, 9.17) is 0 Å². The van der Waals surface area contributed by atoms with Gasteiger partial charge in [0.15, 0.2) is 0 Å². The van der Waals surface area contributed by atoms with Gasteiger partial charge in [-0.25, -0.2) is 9.78 Å². The van der Waals surface area contributed by atoms with E-state index in [1.807, 2.05) is 19.9 Å². The number of hydrogen-bond donors (Lipinski definition) is 3. The molecule has 5 heteroatoms. The Bertz CT molecular complexity index is 384. The van der Waals surface area contributed by atoms with E-state index in [1.165, 1.54) is 12.8 Å². The molecule has 92 valence electrons. The predicted octanol–water partition coefficient (Wildman–Crippen LogP) is 2.19. The minimum absolute atomic E-state index is 0.116. The molecule has 0 atom stereocenters. The molecule has 0 spiro atoms. The number of urea groups is 1. The molecule has 1 aromatic rings. The van der Waals surface area contributed by atoms with Crippen LogP contribution < -0.4 is 16.0 Å². The maximum atomic E-state index is 11.4. The van der Waals surface area contributed by atoms with Gasteiger partial charge in [-0.1, -0.05) is 0 Å². The Labute approximate surface area is 101 Å². The van der Waals surface area contributed by atoms with Crippen molar-refractivity contribution >= 4 is 17.5 Å². The molecule has 0 aliphatic heterocycles. The first-order valence-electron chi connectivity index (χ1n) is 5.93. The van der Waals surface area contributed by atoms with Gasteiger partial charge in [-0.15, -0.1) is 0 Å². The third-order valence-corrected chi connectivity index (χ3v) is 2.37. The van der Waals surface area contributed by atoms with Crippen LogP contribution in [0.5, 0.6) is 0 Å². The molecular weight excluding hydrogens is 216 g/mol. The summed E-state index contributed by atoms with van der Waals surface area (Å²) in [6, 6.07) is 4.22. The van der Waals surface area contributed by atoms with Crippen molar-refractivity contribution < 1.29 is 4.79 Å². The van der Waals surface area contributed by atoms with Gasteiger partial charge in [-0.3, -0.25) is 5.32 Å². The first kappa shape index (κ1) is 11.7. The fourth-order valence-corrected chi connectivity index (χ4v) is 1.43. The average Bonchev–Trinajstić information content (AvgIpc) is 3.03. The Kier molecular flexibility index (Phi) is 3.46. The Hall–Kier alpha value is -1.78. The summed E-state index contributed by atoms with van der Waals surface area (Å²) < 4.78 is 0. The predicted molar refractivity (Wildman–Crippen MR) is 68.2 cm³/mol. The molecule has 1 fully saturated rings. The van der Waals surface area contributed by atoms with Crippen molar-refractivity contribution in [2.45, 2.75) is 38.8 Å². The molecular formula is C12H18N4O. The molecule has 17 heavy (non-hydrogen) atoms. The molecule has 2 rings (SSSR count). The van der Waals surface area contributed by atoms with E-state index in [1.54, 1.807) is 12.3 Å². The van der Waals surface area contributed by atoms with E-state index in [2.05, 4.69) is 20.9 Å². The first-order chi connectivity index (χ1) is 8.13. The van der Waals surface area contributed by atoms with Crippen LogP contribution in [0.2, 0.25) is 0 Å². The first-order valence-corrected chi connectivity index (χ1v) is 5.93. The van der Waals surface area contributed by atoms with Crippen LogP contribution in [0, 0.1) is 0 Å². The van der Waals surface area contributed by atoms with E-state index in [0.29, 0.717) is 11.9 Å². The number of rotatable bonds is 4. The number of carbonyl (C=O) groups excluding carboxylic acids is 1. The summed E-state index contributed by atoms with van der Waals surface area (Å²) in [5.74, 6) is 0.560. The topological polar surface area (TPSA) is 66.1 Å². The van der Waals surface area contributed by atoms with E-state index in [9.17, 15) is 4.79 Å². The fourth-order valence-electron chi connectivity index (χ4n) is 1.43. The highest BCUT2D eigenvalue weighted by Crippen LogP contribution is 2.24. The SMILES string of the molecule is CC(C)NC(=O)Nc1ccc(NC2CC2)cn1. The smallest absolute Gasteiger partial charge is 0.320 e. The summed E-state index contributed by atoms with van der Waals surface area (Å²) >= 11 is 0. The van der Waals surface area contributed by atoms with Crippen molar-refractivity contribution in [1.29, 1.82) is 0 Å². The number of nitrogens with one attached hydrogen (secondary N) is 3. The average molecular weight is 234 g/mol. The molecule has 1 aliphatic rings. The summed E-state index contributed by atoms with van der Waals surface area (Å²) in [4.78, 5) is 15.6. The lowest BCUT2D eigenvalue weighted by Crippen LogP contribution is -2.34. The third kappa shape index (κ3) is 3.94. The van der Waals surface area contributed by atoms with Gasteiger partial charge >= 0.3 is 6.03 Å². The van der Waals surface area contributed by atoms with Gasteiger partial charge in [0.2, 0.25) is 0 Å². The highest BCUT2D eigenvalue weighted by molar-refractivity contribution is 5.88. The molecule has 0 aromatic carbocycles. The number of anilines is 2. The molecule has 3 N–H and O–H groups in total. The molecule has 1 aliphatic carbocycles.